The number of halogens is 2. The van der Waals surface area contributed by atoms with E-state index in [0.717, 1.165) is 19.5 Å². The molecule has 1 unspecified atom stereocenters. The topological polar surface area (TPSA) is 27.0 Å². The number of likely N-dealkylation sites (tertiary alicyclic amines) is 1. The molecule has 0 amide bonds. The van der Waals surface area contributed by atoms with E-state index in [9.17, 15) is 0 Å². The van der Waals surface area contributed by atoms with Gasteiger partial charge in [-0.1, -0.05) is 23.2 Å². The molecule has 1 heterocycles. The predicted octanol–water partition coefficient (Wildman–Crippen LogP) is 2.54. The van der Waals surface area contributed by atoms with Crippen molar-refractivity contribution < 1.29 is 0 Å². The van der Waals surface area contributed by atoms with Crippen LogP contribution in [0.15, 0.2) is 10.6 Å². The summed E-state index contributed by atoms with van der Waals surface area (Å²) in [5.41, 5.74) is 1.40. The summed E-state index contributed by atoms with van der Waals surface area (Å²) in [6.07, 6.45) is 1.75. The number of hydrogen-bond donors (Lipinski definition) is 0. The van der Waals surface area contributed by atoms with Crippen LogP contribution >= 0.6 is 23.2 Å². The van der Waals surface area contributed by atoms with Crippen LogP contribution in [0.2, 0.25) is 0 Å². The second-order valence-electron chi connectivity index (χ2n) is 3.31. The van der Waals surface area contributed by atoms with Gasteiger partial charge in [-0.15, -0.1) is 0 Å². The van der Waals surface area contributed by atoms with E-state index in [1.165, 1.54) is 5.54 Å². The van der Waals surface area contributed by atoms with E-state index in [4.69, 9.17) is 28.5 Å². The third-order valence-corrected chi connectivity index (χ3v) is 2.85. The number of nitriles is 1. The highest BCUT2D eigenvalue weighted by Crippen LogP contribution is 2.20. The fraction of sp³-hybridized carbons (Fsp3) is 0.667. The average molecular weight is 219 g/mol. The van der Waals surface area contributed by atoms with Crippen molar-refractivity contribution in [3.05, 3.63) is 10.6 Å². The lowest BCUT2D eigenvalue weighted by atomic mass is 10.1. The summed E-state index contributed by atoms with van der Waals surface area (Å²) < 4.78 is 0. The van der Waals surface area contributed by atoms with Gasteiger partial charge in [0.2, 0.25) is 0 Å². The van der Waals surface area contributed by atoms with Gasteiger partial charge in [-0.25, -0.2) is 0 Å². The van der Waals surface area contributed by atoms with Crippen LogP contribution in [0.4, 0.5) is 0 Å². The molecular formula is C9H12Cl2N2. The molecule has 1 saturated heterocycles. The minimum Gasteiger partial charge on any atom is -0.298 e. The summed E-state index contributed by atoms with van der Waals surface area (Å²) in [7, 11) is 0. The van der Waals surface area contributed by atoms with Crippen LogP contribution in [-0.2, 0) is 0 Å². The van der Waals surface area contributed by atoms with Gasteiger partial charge < -0.3 is 0 Å². The van der Waals surface area contributed by atoms with Crippen molar-refractivity contribution in [2.75, 3.05) is 19.6 Å². The third-order valence-electron chi connectivity index (χ3n) is 2.24. The highest BCUT2D eigenvalue weighted by atomic mass is 35.5. The zero-order chi connectivity index (χ0) is 9.68. The maximum atomic E-state index is 8.51. The first kappa shape index (κ1) is 10.8. The van der Waals surface area contributed by atoms with Crippen LogP contribution in [0, 0.1) is 17.2 Å². The van der Waals surface area contributed by atoms with Gasteiger partial charge in [0.1, 0.15) is 0 Å². The molecule has 1 atom stereocenters. The number of nitrogens with zero attached hydrogens (tertiary/aromatic N) is 2. The van der Waals surface area contributed by atoms with E-state index >= 15 is 0 Å². The minimum absolute atomic E-state index is 0.518. The van der Waals surface area contributed by atoms with Crippen LogP contribution in [0.1, 0.15) is 12.8 Å². The maximum Gasteiger partial charge on any atom is 0.0625 e. The smallest absolute Gasteiger partial charge is 0.0625 e. The van der Waals surface area contributed by atoms with Crippen LogP contribution < -0.4 is 0 Å². The van der Waals surface area contributed by atoms with Crippen molar-refractivity contribution in [3.63, 3.8) is 0 Å². The molecule has 0 aromatic rings. The molecule has 72 valence electrons. The van der Waals surface area contributed by atoms with Crippen molar-refractivity contribution in [2.24, 2.45) is 5.92 Å². The zero-order valence-electron chi connectivity index (χ0n) is 7.34. The molecule has 0 radical (unpaired) electrons. The molecular weight excluding hydrogens is 207 g/mol. The molecule has 0 spiro atoms. The lowest BCUT2D eigenvalue weighted by molar-refractivity contribution is 0.357. The molecule has 0 aromatic heterocycles. The van der Waals surface area contributed by atoms with Gasteiger partial charge in [-0.05, 0) is 18.9 Å². The lowest BCUT2D eigenvalue weighted by Gasteiger charge is -2.13. The van der Waals surface area contributed by atoms with E-state index in [1.54, 1.807) is 0 Å². The van der Waals surface area contributed by atoms with Crippen LogP contribution in [-0.4, -0.2) is 24.5 Å². The molecule has 0 aliphatic carbocycles. The zero-order valence-corrected chi connectivity index (χ0v) is 8.85. The Bertz CT molecular complexity index is 232. The van der Waals surface area contributed by atoms with Gasteiger partial charge in [-0.2, -0.15) is 5.26 Å². The summed E-state index contributed by atoms with van der Waals surface area (Å²) >= 11 is 11.2. The Morgan fingerprint density at radius 3 is 3.08 bits per heavy atom. The van der Waals surface area contributed by atoms with E-state index in [-0.39, 0.29) is 0 Å². The van der Waals surface area contributed by atoms with E-state index < -0.39 is 0 Å². The Morgan fingerprint density at radius 1 is 1.69 bits per heavy atom. The molecule has 1 aliphatic rings. The predicted molar refractivity (Wildman–Crippen MR) is 54.6 cm³/mol. The van der Waals surface area contributed by atoms with E-state index in [0.29, 0.717) is 23.9 Å². The van der Waals surface area contributed by atoms with Crippen LogP contribution in [0.5, 0.6) is 0 Å². The van der Waals surface area contributed by atoms with Crippen LogP contribution in [0.3, 0.4) is 0 Å². The third kappa shape index (κ3) is 3.56. The van der Waals surface area contributed by atoms with Gasteiger partial charge in [0.25, 0.3) is 0 Å². The molecule has 1 aliphatic heterocycles. The Labute approximate surface area is 88.7 Å². The Morgan fingerprint density at radius 2 is 2.46 bits per heavy atom. The summed E-state index contributed by atoms with van der Waals surface area (Å²) in [6.45, 7) is 2.70. The standard InChI is InChI=1S/C9H12Cl2N2/c10-5-9(11)7-13-4-2-8(6-13)1-3-12/h5,8H,1-2,4,6-7H2. The summed E-state index contributed by atoms with van der Waals surface area (Å²) in [5.74, 6) is 0.518. The summed E-state index contributed by atoms with van der Waals surface area (Å²) in [5, 5.41) is 9.18. The highest BCUT2D eigenvalue weighted by Gasteiger charge is 2.21. The molecule has 0 aromatic carbocycles. The number of rotatable bonds is 3. The molecule has 1 rings (SSSR count). The largest absolute Gasteiger partial charge is 0.298 e. The first-order chi connectivity index (χ1) is 6.26. The van der Waals surface area contributed by atoms with Crippen molar-refractivity contribution in [1.82, 2.24) is 4.90 Å². The van der Waals surface area contributed by atoms with Crippen LogP contribution in [0.25, 0.3) is 0 Å². The average Bonchev–Trinajstić information content (AvgIpc) is 2.53. The molecule has 0 N–H and O–H groups in total. The lowest BCUT2D eigenvalue weighted by Crippen LogP contribution is -2.21. The first-order valence-electron chi connectivity index (χ1n) is 4.30. The van der Waals surface area contributed by atoms with E-state index in [2.05, 4.69) is 11.0 Å². The molecule has 13 heavy (non-hydrogen) atoms. The molecule has 4 heteroatoms. The Balaban J connectivity index is 2.30. The second-order valence-corrected chi connectivity index (χ2v) is 4.01. The normalized spacial score (nSPS) is 24.7. The van der Waals surface area contributed by atoms with Crippen molar-refractivity contribution in [3.8, 4) is 6.07 Å². The van der Waals surface area contributed by atoms with Crippen molar-refractivity contribution >= 4 is 23.2 Å². The number of hydrogen-bond acceptors (Lipinski definition) is 2. The summed E-state index contributed by atoms with van der Waals surface area (Å²) in [4.78, 5) is 2.23. The Hall–Kier alpha value is -0.230. The SMILES string of the molecule is N#CCC1CCN(CC(Cl)=CCl)C1. The van der Waals surface area contributed by atoms with Crippen molar-refractivity contribution in [1.29, 1.82) is 5.26 Å². The van der Waals surface area contributed by atoms with Gasteiger partial charge >= 0.3 is 0 Å². The second kappa shape index (κ2) is 5.49. The molecule has 0 bridgehead atoms. The van der Waals surface area contributed by atoms with Gasteiger partial charge in [0, 0.05) is 30.1 Å². The first-order valence-corrected chi connectivity index (χ1v) is 5.11. The monoisotopic (exact) mass is 218 g/mol. The highest BCUT2D eigenvalue weighted by molar-refractivity contribution is 6.36. The Kier molecular flexibility index (Phi) is 4.58. The van der Waals surface area contributed by atoms with E-state index in [1.807, 2.05) is 0 Å². The maximum absolute atomic E-state index is 8.51. The fourth-order valence-corrected chi connectivity index (χ4v) is 1.84. The summed E-state index contributed by atoms with van der Waals surface area (Å²) in [6, 6.07) is 2.20. The fourth-order valence-electron chi connectivity index (χ4n) is 1.60. The van der Waals surface area contributed by atoms with Crippen molar-refractivity contribution in [2.45, 2.75) is 12.8 Å². The molecule has 2 nitrogen and oxygen atoms in total. The van der Waals surface area contributed by atoms with Gasteiger partial charge in [-0.3, -0.25) is 4.90 Å². The quantitative estimate of drug-likeness (QED) is 0.729. The van der Waals surface area contributed by atoms with Gasteiger partial charge in [0.15, 0.2) is 0 Å². The minimum atomic E-state index is 0.518. The molecule has 0 saturated carbocycles. The van der Waals surface area contributed by atoms with Gasteiger partial charge in [0.05, 0.1) is 6.07 Å². The molecule has 1 fully saturated rings.